The molecule has 0 spiro atoms. The molecule has 108 valence electrons. The summed E-state index contributed by atoms with van der Waals surface area (Å²) in [4.78, 5) is 35.8. The third kappa shape index (κ3) is 4.74. The number of hydrogen-bond donors (Lipinski definition) is 5. The zero-order valence-electron chi connectivity index (χ0n) is 9.27. The first-order valence-corrected chi connectivity index (χ1v) is 8.93. The molecule has 0 fully saturated rings. The Bertz CT molecular complexity index is 514. The summed E-state index contributed by atoms with van der Waals surface area (Å²) in [6.45, 7) is -0.669. The van der Waals surface area contributed by atoms with Gasteiger partial charge in [0.2, 0.25) is 0 Å². The molecule has 0 bridgehead atoms. The Hall–Kier alpha value is -0.100. The molecular weight excluding hydrogens is 339 g/mol. The highest BCUT2D eigenvalue weighted by atomic mass is 35.5. The van der Waals surface area contributed by atoms with Gasteiger partial charge in [-0.15, -0.1) is 0 Å². The van der Waals surface area contributed by atoms with Crippen LogP contribution < -0.4 is 5.32 Å². The van der Waals surface area contributed by atoms with Crippen LogP contribution in [0.1, 0.15) is 0 Å². The molecule has 0 aliphatic rings. The van der Waals surface area contributed by atoms with Gasteiger partial charge in [0.05, 0.1) is 15.7 Å². The maximum Gasteiger partial charge on any atom is 0.342 e. The molecule has 0 atom stereocenters. The first-order chi connectivity index (χ1) is 8.53. The van der Waals surface area contributed by atoms with Crippen molar-refractivity contribution in [2.75, 3.05) is 11.9 Å². The highest BCUT2D eigenvalue weighted by Crippen LogP contribution is 2.59. The van der Waals surface area contributed by atoms with Gasteiger partial charge in [-0.05, 0) is 12.1 Å². The lowest BCUT2D eigenvalue weighted by molar-refractivity contribution is 0.340. The summed E-state index contributed by atoms with van der Waals surface area (Å²) in [5, 5.41) is 0.624. The van der Waals surface area contributed by atoms with Crippen LogP contribution >= 0.6 is 38.4 Å². The number of benzene rings is 1. The topological polar surface area (TPSA) is 127 Å². The molecule has 0 saturated heterocycles. The number of hydrogen-bond acceptors (Lipinski definition) is 3. The molecule has 19 heavy (non-hydrogen) atoms. The second-order valence-corrected chi connectivity index (χ2v) is 8.46. The van der Waals surface area contributed by atoms with Crippen LogP contribution in [-0.4, -0.2) is 31.5 Å². The Morgan fingerprint density at radius 1 is 1.05 bits per heavy atom. The van der Waals surface area contributed by atoms with E-state index >= 15 is 0 Å². The molecule has 1 aromatic rings. The van der Waals surface area contributed by atoms with Crippen molar-refractivity contribution < 1.29 is 28.7 Å². The third-order valence-corrected chi connectivity index (χ3v) is 6.55. The Kier molecular flexibility index (Phi) is 5.46. The van der Waals surface area contributed by atoms with Gasteiger partial charge in [0.15, 0.2) is 5.40 Å². The van der Waals surface area contributed by atoms with E-state index in [0.29, 0.717) is 0 Å². The monoisotopic (exact) mass is 349 g/mol. The molecule has 0 saturated carbocycles. The molecule has 0 aliphatic carbocycles. The van der Waals surface area contributed by atoms with Crippen LogP contribution in [0.3, 0.4) is 0 Å². The molecule has 0 radical (unpaired) electrons. The largest absolute Gasteiger partial charge is 0.381 e. The van der Waals surface area contributed by atoms with Crippen LogP contribution in [0.5, 0.6) is 0 Å². The Balaban J connectivity index is 2.96. The molecule has 0 aliphatic heterocycles. The van der Waals surface area contributed by atoms with Gasteiger partial charge in [-0.25, -0.2) is 0 Å². The van der Waals surface area contributed by atoms with E-state index in [1.807, 2.05) is 0 Å². The van der Waals surface area contributed by atoms with Crippen LogP contribution in [0, 0.1) is 0 Å². The van der Waals surface area contributed by atoms with E-state index < -0.39 is 27.1 Å². The fraction of sp³-hybridized carbons (Fsp3) is 0.250. The van der Waals surface area contributed by atoms with Gasteiger partial charge in [-0.3, -0.25) is 9.13 Å². The minimum atomic E-state index is -4.98. The Morgan fingerprint density at radius 3 is 1.84 bits per heavy atom. The van der Waals surface area contributed by atoms with Gasteiger partial charge >= 0.3 is 15.2 Å². The molecule has 5 N–H and O–H groups in total. The Labute approximate surface area is 118 Å². The first-order valence-electron chi connectivity index (χ1n) is 4.82. The van der Waals surface area contributed by atoms with Crippen LogP contribution in [0.25, 0.3) is 0 Å². The van der Waals surface area contributed by atoms with Crippen LogP contribution in [0.4, 0.5) is 5.69 Å². The molecule has 0 unspecified atom stereocenters. The quantitative estimate of drug-likeness (QED) is 0.515. The number of para-hydroxylation sites is 1. The van der Waals surface area contributed by atoms with Gasteiger partial charge in [0.1, 0.15) is 0 Å². The summed E-state index contributed by atoms with van der Waals surface area (Å²) >= 11 is 11.6. The maximum absolute atomic E-state index is 11.1. The van der Waals surface area contributed by atoms with Gasteiger partial charge in [-0.1, -0.05) is 29.3 Å². The minimum absolute atomic E-state index is 0.151. The predicted octanol–water partition coefficient (Wildman–Crippen LogP) is 2.09. The third-order valence-electron chi connectivity index (χ3n) is 2.20. The van der Waals surface area contributed by atoms with Crippen LogP contribution in [0.2, 0.25) is 10.0 Å². The second kappa shape index (κ2) is 6.12. The van der Waals surface area contributed by atoms with Crippen molar-refractivity contribution >= 4 is 44.1 Å². The van der Waals surface area contributed by atoms with Crippen molar-refractivity contribution in [2.45, 2.75) is 5.40 Å². The van der Waals surface area contributed by atoms with Gasteiger partial charge < -0.3 is 24.9 Å². The normalized spacial score (nSPS) is 12.8. The van der Waals surface area contributed by atoms with E-state index in [4.69, 9.17) is 42.8 Å². The molecule has 0 amide bonds. The molecule has 7 nitrogen and oxygen atoms in total. The van der Waals surface area contributed by atoms with Crippen LogP contribution in [-0.2, 0) is 9.13 Å². The van der Waals surface area contributed by atoms with Gasteiger partial charge in [0.25, 0.3) is 0 Å². The summed E-state index contributed by atoms with van der Waals surface area (Å²) in [6, 6.07) is 4.50. The van der Waals surface area contributed by atoms with Gasteiger partial charge in [0, 0.05) is 6.54 Å². The average Bonchev–Trinajstić information content (AvgIpc) is 2.18. The molecule has 0 heterocycles. The van der Waals surface area contributed by atoms with Gasteiger partial charge in [-0.2, -0.15) is 0 Å². The maximum atomic E-state index is 11.1. The van der Waals surface area contributed by atoms with E-state index in [9.17, 15) is 9.13 Å². The predicted molar refractivity (Wildman–Crippen MR) is 72.8 cm³/mol. The fourth-order valence-corrected chi connectivity index (χ4v) is 4.05. The van der Waals surface area contributed by atoms with Crippen molar-refractivity contribution in [3.05, 3.63) is 28.2 Å². The zero-order chi connectivity index (χ0) is 14.8. The minimum Gasteiger partial charge on any atom is -0.381 e. The van der Waals surface area contributed by atoms with Crippen molar-refractivity contribution in [2.24, 2.45) is 0 Å². The SMILES string of the molecule is O=P(O)(O)C(CNc1c(Cl)cccc1Cl)P(=O)(O)O. The first kappa shape index (κ1) is 17.0. The lowest BCUT2D eigenvalue weighted by Gasteiger charge is -2.21. The van der Waals surface area contributed by atoms with E-state index in [-0.39, 0.29) is 15.7 Å². The molecule has 1 rings (SSSR count). The van der Waals surface area contributed by atoms with E-state index in [2.05, 4.69) is 5.32 Å². The standard InChI is InChI=1S/C8H11Cl2NO6P2/c9-5-2-1-3-6(10)8(5)11-4-7(18(12,13)14)19(15,16)17/h1-3,7,11H,4H2,(H2,12,13,14)(H2,15,16,17). The lowest BCUT2D eigenvalue weighted by atomic mass is 10.3. The Morgan fingerprint density at radius 2 is 1.47 bits per heavy atom. The lowest BCUT2D eigenvalue weighted by Crippen LogP contribution is -2.20. The number of halogens is 2. The molecule has 1 aromatic carbocycles. The zero-order valence-corrected chi connectivity index (χ0v) is 12.6. The highest BCUT2D eigenvalue weighted by Gasteiger charge is 2.43. The van der Waals surface area contributed by atoms with E-state index in [0.717, 1.165) is 0 Å². The summed E-state index contributed by atoms with van der Waals surface area (Å²) < 4.78 is 22.1. The fourth-order valence-electron chi connectivity index (χ4n) is 1.29. The summed E-state index contributed by atoms with van der Waals surface area (Å²) in [7, 11) is -9.95. The van der Waals surface area contributed by atoms with Crippen molar-refractivity contribution in [1.29, 1.82) is 0 Å². The number of nitrogens with one attached hydrogen (secondary N) is 1. The summed E-state index contributed by atoms with van der Waals surface area (Å²) in [5.41, 5.74) is 0.151. The molecule has 0 aromatic heterocycles. The summed E-state index contributed by atoms with van der Waals surface area (Å²) in [6.07, 6.45) is 0. The van der Waals surface area contributed by atoms with Crippen LogP contribution in [0.15, 0.2) is 18.2 Å². The van der Waals surface area contributed by atoms with Crippen molar-refractivity contribution in [1.82, 2.24) is 0 Å². The van der Waals surface area contributed by atoms with E-state index in [1.165, 1.54) is 12.1 Å². The smallest absolute Gasteiger partial charge is 0.342 e. The summed E-state index contributed by atoms with van der Waals surface area (Å²) in [5.74, 6) is 0. The number of rotatable bonds is 5. The molecular formula is C8H11Cl2NO6P2. The van der Waals surface area contributed by atoms with E-state index in [1.54, 1.807) is 6.07 Å². The highest BCUT2D eigenvalue weighted by molar-refractivity contribution is 7.70. The van der Waals surface area contributed by atoms with Crippen molar-refractivity contribution in [3.63, 3.8) is 0 Å². The number of anilines is 1. The second-order valence-electron chi connectivity index (χ2n) is 3.64. The average molecular weight is 350 g/mol. The molecule has 11 heteroatoms. The van der Waals surface area contributed by atoms with Crippen molar-refractivity contribution in [3.8, 4) is 0 Å².